The molecule has 0 aliphatic heterocycles. The van der Waals surface area contributed by atoms with Crippen molar-refractivity contribution < 1.29 is 4.79 Å². The van der Waals surface area contributed by atoms with E-state index in [1.807, 2.05) is 0 Å². The van der Waals surface area contributed by atoms with E-state index in [1.54, 1.807) is 47.7 Å². The van der Waals surface area contributed by atoms with Crippen LogP contribution in [-0.2, 0) is 4.79 Å². The molecule has 0 atom stereocenters. The fourth-order valence-corrected chi connectivity index (χ4v) is 2.22. The van der Waals surface area contributed by atoms with E-state index in [0.29, 0.717) is 16.8 Å². The van der Waals surface area contributed by atoms with Gasteiger partial charge in [-0.15, -0.1) is 0 Å². The highest BCUT2D eigenvalue weighted by Crippen LogP contribution is 2.12. The lowest BCUT2D eigenvalue weighted by Gasteiger charge is -2.05. The minimum absolute atomic E-state index is 0.192. The standard InChI is InChI=1S/C13H11N7OS/c21-12(8-22-13-14-3-1-4-15-13)19-10-7-11(17-9-16-10)20-6-2-5-18-20/h1-7,9H,8H2,(H,16,17,19,21). The summed E-state index contributed by atoms with van der Waals surface area (Å²) >= 11 is 1.25. The topological polar surface area (TPSA) is 98.5 Å². The van der Waals surface area contributed by atoms with E-state index in [4.69, 9.17) is 0 Å². The fraction of sp³-hybridized carbons (Fsp3) is 0.0769. The van der Waals surface area contributed by atoms with Crippen LogP contribution in [0.5, 0.6) is 0 Å². The van der Waals surface area contributed by atoms with Crippen molar-refractivity contribution in [3.63, 3.8) is 0 Å². The molecular formula is C13H11N7OS. The third-order valence-electron chi connectivity index (χ3n) is 2.53. The molecule has 0 fully saturated rings. The maximum atomic E-state index is 11.9. The van der Waals surface area contributed by atoms with Crippen LogP contribution in [0, 0.1) is 0 Å². The molecule has 1 N–H and O–H groups in total. The Kier molecular flexibility index (Phi) is 4.35. The number of carbonyl (C=O) groups excluding carboxylic acids is 1. The average Bonchev–Trinajstić information content (AvgIpc) is 3.09. The molecule has 0 aliphatic carbocycles. The van der Waals surface area contributed by atoms with Crippen LogP contribution < -0.4 is 5.32 Å². The molecule has 0 saturated heterocycles. The van der Waals surface area contributed by atoms with Gasteiger partial charge in [0.25, 0.3) is 0 Å². The SMILES string of the molecule is O=C(CSc1ncccn1)Nc1cc(-n2cccn2)ncn1. The third kappa shape index (κ3) is 3.64. The van der Waals surface area contributed by atoms with Crippen LogP contribution in [-0.4, -0.2) is 41.4 Å². The summed E-state index contributed by atoms with van der Waals surface area (Å²) in [4.78, 5) is 28.1. The zero-order valence-corrected chi connectivity index (χ0v) is 12.1. The van der Waals surface area contributed by atoms with Gasteiger partial charge in [0, 0.05) is 30.9 Å². The molecule has 3 rings (SSSR count). The number of nitrogens with one attached hydrogen (secondary N) is 1. The molecule has 3 heterocycles. The second kappa shape index (κ2) is 6.76. The lowest BCUT2D eigenvalue weighted by Crippen LogP contribution is -2.15. The molecule has 0 spiro atoms. The highest BCUT2D eigenvalue weighted by molar-refractivity contribution is 7.99. The van der Waals surface area contributed by atoms with E-state index < -0.39 is 0 Å². The predicted octanol–water partition coefficient (Wildman–Crippen LogP) is 1.18. The molecule has 0 unspecified atom stereocenters. The Labute approximate surface area is 130 Å². The molecule has 22 heavy (non-hydrogen) atoms. The second-order valence-corrected chi connectivity index (χ2v) is 5.02. The molecule has 9 heteroatoms. The van der Waals surface area contributed by atoms with Gasteiger partial charge < -0.3 is 5.32 Å². The summed E-state index contributed by atoms with van der Waals surface area (Å²) in [7, 11) is 0. The molecule has 0 aliphatic rings. The second-order valence-electron chi connectivity index (χ2n) is 4.08. The number of aromatic nitrogens is 6. The molecule has 8 nitrogen and oxygen atoms in total. The van der Waals surface area contributed by atoms with Crippen molar-refractivity contribution in [2.45, 2.75) is 5.16 Å². The molecule has 0 saturated carbocycles. The number of carbonyl (C=O) groups is 1. The summed E-state index contributed by atoms with van der Waals surface area (Å²) in [5.41, 5.74) is 0. The molecule has 0 bridgehead atoms. The predicted molar refractivity (Wildman–Crippen MR) is 80.5 cm³/mol. The first kappa shape index (κ1) is 14.1. The van der Waals surface area contributed by atoms with Crippen LogP contribution in [0.4, 0.5) is 5.82 Å². The van der Waals surface area contributed by atoms with Gasteiger partial charge in [0.05, 0.1) is 5.75 Å². The first-order valence-electron chi connectivity index (χ1n) is 6.33. The third-order valence-corrected chi connectivity index (χ3v) is 3.41. The Morgan fingerprint density at radius 2 is 2.00 bits per heavy atom. The largest absolute Gasteiger partial charge is 0.310 e. The van der Waals surface area contributed by atoms with Gasteiger partial charge in [0.15, 0.2) is 11.0 Å². The molecule has 110 valence electrons. The zero-order valence-electron chi connectivity index (χ0n) is 11.3. The van der Waals surface area contributed by atoms with Gasteiger partial charge in [0.2, 0.25) is 5.91 Å². The molecule has 0 aromatic carbocycles. The van der Waals surface area contributed by atoms with Gasteiger partial charge in [-0.1, -0.05) is 11.8 Å². The number of anilines is 1. The molecule has 3 aromatic heterocycles. The van der Waals surface area contributed by atoms with Crippen molar-refractivity contribution in [1.29, 1.82) is 0 Å². The fourth-order valence-electron chi connectivity index (χ4n) is 1.61. The lowest BCUT2D eigenvalue weighted by atomic mass is 10.5. The van der Waals surface area contributed by atoms with E-state index in [-0.39, 0.29) is 11.7 Å². The maximum Gasteiger partial charge on any atom is 0.236 e. The van der Waals surface area contributed by atoms with Gasteiger partial charge in [-0.2, -0.15) is 5.10 Å². The molecule has 3 aromatic rings. The van der Waals surface area contributed by atoms with Crippen molar-refractivity contribution in [1.82, 2.24) is 29.7 Å². The average molecular weight is 313 g/mol. The number of hydrogen-bond donors (Lipinski definition) is 1. The van der Waals surface area contributed by atoms with Crippen molar-refractivity contribution >= 4 is 23.5 Å². The van der Waals surface area contributed by atoms with Crippen LogP contribution in [0.25, 0.3) is 5.82 Å². The first-order valence-corrected chi connectivity index (χ1v) is 7.31. The quantitative estimate of drug-likeness (QED) is 0.558. The van der Waals surface area contributed by atoms with Crippen LogP contribution in [0.3, 0.4) is 0 Å². The minimum atomic E-state index is -0.192. The summed E-state index contributed by atoms with van der Waals surface area (Å²) in [6.07, 6.45) is 8.05. The normalized spacial score (nSPS) is 10.4. The van der Waals surface area contributed by atoms with Gasteiger partial charge in [-0.3, -0.25) is 4.79 Å². The van der Waals surface area contributed by atoms with Crippen molar-refractivity contribution in [2.75, 3.05) is 11.1 Å². The maximum absolute atomic E-state index is 11.9. The Morgan fingerprint density at radius 1 is 1.14 bits per heavy atom. The summed E-state index contributed by atoms with van der Waals surface area (Å²) in [6, 6.07) is 5.16. The smallest absolute Gasteiger partial charge is 0.236 e. The summed E-state index contributed by atoms with van der Waals surface area (Å²) in [5.74, 6) is 1.00. The summed E-state index contributed by atoms with van der Waals surface area (Å²) < 4.78 is 1.59. The Hall–Kier alpha value is -2.81. The Morgan fingerprint density at radius 3 is 2.77 bits per heavy atom. The van der Waals surface area contributed by atoms with Gasteiger partial charge in [-0.25, -0.2) is 24.6 Å². The van der Waals surface area contributed by atoms with Crippen molar-refractivity contribution in [2.24, 2.45) is 0 Å². The number of hydrogen-bond acceptors (Lipinski definition) is 7. The van der Waals surface area contributed by atoms with E-state index in [2.05, 4.69) is 30.4 Å². The van der Waals surface area contributed by atoms with Crippen LogP contribution in [0.15, 0.2) is 54.5 Å². The molecule has 1 amide bonds. The van der Waals surface area contributed by atoms with Crippen LogP contribution in [0.1, 0.15) is 0 Å². The number of nitrogens with zero attached hydrogens (tertiary/aromatic N) is 6. The molecular weight excluding hydrogens is 302 g/mol. The minimum Gasteiger partial charge on any atom is -0.310 e. The monoisotopic (exact) mass is 313 g/mol. The van der Waals surface area contributed by atoms with E-state index >= 15 is 0 Å². The lowest BCUT2D eigenvalue weighted by molar-refractivity contribution is -0.113. The highest BCUT2D eigenvalue weighted by atomic mass is 32.2. The number of amides is 1. The van der Waals surface area contributed by atoms with E-state index in [0.717, 1.165) is 0 Å². The first-order chi connectivity index (χ1) is 10.8. The van der Waals surface area contributed by atoms with Crippen LogP contribution in [0.2, 0.25) is 0 Å². The number of rotatable bonds is 5. The highest BCUT2D eigenvalue weighted by Gasteiger charge is 2.07. The van der Waals surface area contributed by atoms with Gasteiger partial charge in [0.1, 0.15) is 12.1 Å². The van der Waals surface area contributed by atoms with Crippen molar-refractivity contribution in [3.8, 4) is 5.82 Å². The van der Waals surface area contributed by atoms with Gasteiger partial charge >= 0.3 is 0 Å². The molecule has 0 radical (unpaired) electrons. The number of thioether (sulfide) groups is 1. The zero-order chi connectivity index (χ0) is 15.2. The Balaban J connectivity index is 1.61. The van der Waals surface area contributed by atoms with Crippen LogP contribution >= 0.6 is 11.8 Å². The summed E-state index contributed by atoms with van der Waals surface area (Å²) in [6.45, 7) is 0. The van der Waals surface area contributed by atoms with Crippen molar-refractivity contribution in [3.05, 3.63) is 49.3 Å². The van der Waals surface area contributed by atoms with E-state index in [9.17, 15) is 4.79 Å². The van der Waals surface area contributed by atoms with E-state index in [1.165, 1.54) is 18.1 Å². The Bertz CT molecular complexity index is 748. The van der Waals surface area contributed by atoms with Gasteiger partial charge in [-0.05, 0) is 12.1 Å². The summed E-state index contributed by atoms with van der Waals surface area (Å²) in [5, 5.41) is 7.34.